The molecule has 394 valence electrons. The van der Waals surface area contributed by atoms with Crippen molar-refractivity contribution >= 4 is 63.0 Å². The Morgan fingerprint density at radius 1 is 0.887 bits per heavy atom. The number of amides is 7. The molecular formula is C51H79BrN10O9. The molecule has 1 aliphatic heterocycles. The molecule has 5 N–H and O–H groups in total. The lowest BCUT2D eigenvalue weighted by Crippen LogP contribution is -2.59. The summed E-state index contributed by atoms with van der Waals surface area (Å²) in [5.74, 6) is -3.50. The van der Waals surface area contributed by atoms with Gasteiger partial charge >= 0.3 is 0 Å². The monoisotopic (exact) mass is 1050 g/mol. The van der Waals surface area contributed by atoms with Crippen molar-refractivity contribution in [2.75, 3.05) is 53.8 Å². The van der Waals surface area contributed by atoms with Crippen LogP contribution in [0.25, 0.3) is 0 Å². The van der Waals surface area contributed by atoms with Gasteiger partial charge in [-0.25, -0.2) is 9.97 Å². The van der Waals surface area contributed by atoms with E-state index < -0.39 is 66.1 Å². The second kappa shape index (κ2) is 28.7. The first kappa shape index (κ1) is 60.0. The number of likely N-dealkylation sites (tertiary alicyclic amines) is 1. The normalized spacial score (nSPS) is 17.4. The maximum atomic E-state index is 14.3. The zero-order chi connectivity index (χ0) is 53.3. The molecule has 19 nitrogen and oxygen atoms in total. The molecule has 0 bridgehead atoms. The number of nitrogens with one attached hydrogen (secondary N) is 5. The van der Waals surface area contributed by atoms with Crippen LogP contribution < -0.4 is 26.6 Å². The predicted molar refractivity (Wildman–Crippen MR) is 276 cm³/mol. The Hall–Kier alpha value is -5.31. The largest absolute Gasteiger partial charge is 0.379 e. The van der Waals surface area contributed by atoms with Gasteiger partial charge in [-0.05, 0) is 89.7 Å². The minimum Gasteiger partial charge on any atom is -0.379 e. The number of likely N-dealkylation sites (N-methyl/N-ethyl adjacent to an activating group) is 2. The van der Waals surface area contributed by atoms with Crippen molar-refractivity contribution in [3.8, 4) is 0 Å². The van der Waals surface area contributed by atoms with E-state index in [1.54, 1.807) is 82.1 Å². The fourth-order valence-corrected chi connectivity index (χ4v) is 9.36. The Labute approximate surface area is 428 Å². The first-order valence-corrected chi connectivity index (χ1v) is 25.5. The number of hydrogen-bond donors (Lipinski definition) is 5. The number of carbonyl (C=O) groups excluding carboxylic acids is 7. The highest BCUT2D eigenvalue weighted by atomic mass is 79.9. The highest BCUT2D eigenvalue weighted by Gasteiger charge is 2.43. The van der Waals surface area contributed by atoms with Gasteiger partial charge in [0.25, 0.3) is 5.91 Å². The van der Waals surface area contributed by atoms with Crippen LogP contribution >= 0.6 is 15.9 Å². The van der Waals surface area contributed by atoms with Crippen molar-refractivity contribution in [2.45, 2.75) is 141 Å². The first-order chi connectivity index (χ1) is 33.5. The molecule has 1 aliphatic rings. The maximum Gasteiger partial charge on any atom is 0.270 e. The third kappa shape index (κ3) is 16.9. The van der Waals surface area contributed by atoms with E-state index in [0.717, 1.165) is 12.0 Å². The molecule has 0 unspecified atom stereocenters. The summed E-state index contributed by atoms with van der Waals surface area (Å²) in [7, 11) is 8.36. The Morgan fingerprint density at radius 3 is 2.15 bits per heavy atom. The van der Waals surface area contributed by atoms with Gasteiger partial charge in [0.2, 0.25) is 35.4 Å². The minimum absolute atomic E-state index is 0.00991. The van der Waals surface area contributed by atoms with Crippen LogP contribution in [-0.2, 0) is 50.0 Å². The van der Waals surface area contributed by atoms with E-state index in [1.807, 2.05) is 33.8 Å². The van der Waals surface area contributed by atoms with Crippen molar-refractivity contribution in [3.05, 3.63) is 65.8 Å². The van der Waals surface area contributed by atoms with Crippen molar-refractivity contribution in [1.29, 1.82) is 0 Å². The third-order valence-electron chi connectivity index (χ3n) is 13.2. The van der Waals surface area contributed by atoms with Crippen LogP contribution in [0.4, 0.5) is 5.69 Å². The molecule has 1 fully saturated rings. The number of aromatic nitrogens is 2. The van der Waals surface area contributed by atoms with Crippen LogP contribution in [0, 0.1) is 17.8 Å². The van der Waals surface area contributed by atoms with Crippen LogP contribution in [0.2, 0.25) is 0 Å². The summed E-state index contributed by atoms with van der Waals surface area (Å²) in [4.78, 5) is 107. The van der Waals surface area contributed by atoms with Crippen LogP contribution in [0.1, 0.15) is 103 Å². The van der Waals surface area contributed by atoms with Gasteiger partial charge in [-0.1, -0.05) is 81.3 Å². The van der Waals surface area contributed by atoms with E-state index in [4.69, 9.17) is 9.47 Å². The lowest BCUT2D eigenvalue weighted by atomic mass is 9.89. The van der Waals surface area contributed by atoms with Crippen molar-refractivity contribution in [1.82, 2.24) is 45.9 Å². The van der Waals surface area contributed by atoms with Crippen molar-refractivity contribution in [2.24, 2.45) is 17.8 Å². The maximum absolute atomic E-state index is 14.3. The smallest absolute Gasteiger partial charge is 0.270 e. The number of alkyl halides is 1. The van der Waals surface area contributed by atoms with E-state index in [9.17, 15) is 33.6 Å². The molecule has 71 heavy (non-hydrogen) atoms. The summed E-state index contributed by atoms with van der Waals surface area (Å²) in [5.41, 5.74) is 2.71. The lowest BCUT2D eigenvalue weighted by Gasteiger charge is -2.41. The van der Waals surface area contributed by atoms with Gasteiger partial charge in [0, 0.05) is 45.4 Å². The van der Waals surface area contributed by atoms with Crippen LogP contribution in [-0.4, -0.2) is 163 Å². The highest BCUT2D eigenvalue weighted by molar-refractivity contribution is 9.08. The second-order valence-electron chi connectivity index (χ2n) is 19.2. The number of nitrogens with zero attached hydrogens (tertiary/aromatic N) is 5. The predicted octanol–water partition coefficient (Wildman–Crippen LogP) is 3.86. The van der Waals surface area contributed by atoms with Gasteiger partial charge in [-0.15, -0.1) is 0 Å². The molecule has 0 saturated carbocycles. The quantitative estimate of drug-likeness (QED) is 0.0635. The highest BCUT2D eigenvalue weighted by Crippen LogP contribution is 2.30. The van der Waals surface area contributed by atoms with Gasteiger partial charge in [-0.3, -0.25) is 38.5 Å². The topological polar surface area (TPSA) is 234 Å². The molecule has 0 spiro atoms. The van der Waals surface area contributed by atoms with Gasteiger partial charge in [-0.2, -0.15) is 0 Å². The van der Waals surface area contributed by atoms with Crippen molar-refractivity contribution < 1.29 is 43.0 Å². The Kier molecular flexibility index (Phi) is 24.2. The number of carbonyl (C=O) groups is 7. The van der Waals surface area contributed by atoms with E-state index in [1.165, 1.54) is 26.2 Å². The molecule has 1 saturated heterocycles. The van der Waals surface area contributed by atoms with Crippen LogP contribution in [0.5, 0.6) is 0 Å². The molecule has 0 aliphatic carbocycles. The second-order valence-corrected chi connectivity index (χ2v) is 19.8. The molecule has 7 amide bonds. The fourth-order valence-electron chi connectivity index (χ4n) is 9.05. The lowest BCUT2D eigenvalue weighted by molar-refractivity contribution is -0.147. The summed E-state index contributed by atoms with van der Waals surface area (Å²) in [6, 6.07) is 4.47. The Balaban J connectivity index is 1.61. The number of benzene rings is 1. The van der Waals surface area contributed by atoms with E-state index in [2.05, 4.69) is 59.1 Å². The molecule has 0 radical (unpaired) electrons. The standard InChI is InChI=1S/C51H79BrN10O9/c1-15-31(6)44(61(12)51(69)42(29(2)3)59-50(68)43(30(4)5)60(10)11)40(70-13)26-41(63)62-23-17-20-39(62)45(71-14)32(7)46(64)53-22-21-35-18-16-19-36(24-35)58-48(66)34(9)56-47(65)33(8)57-49(67)38-25-37(27-52)54-28-55-38/h16,18-19,24-25,28-29,31-34,39-40,42-45H,4,15,17,20-23,26-27H2,1-3,5-14H3,(H,53,64)(H,56,65)(H,57,67)(H,58,66)(H,59,68)/t31-,32+,33-,34-,39-,40+,42-,43-,44-,45+/m0/s1. The SMILES string of the molecule is C=C(C)[C@@H](C(=O)N[C@H](C(=O)N(C)[C@@H]([C@@H](C)CC)[C@@H](CC(=O)N1CCC[C@H]1[C@H](OC)[C@@H](C)C(=O)NCCc1cccc(NC(=O)[C@H](C)NC(=O)[C@H](C)NC(=O)c2cc(CBr)ncn2)c1)OC)C(C)C)N(C)C. The number of halogens is 1. The molecular weight excluding hydrogens is 977 g/mol. The van der Waals surface area contributed by atoms with Crippen LogP contribution in [0.3, 0.4) is 0 Å². The van der Waals surface area contributed by atoms with Gasteiger partial charge in [0.15, 0.2) is 0 Å². The molecule has 1 aromatic carbocycles. The number of methoxy groups -OCH3 is 2. The average molecular weight is 1060 g/mol. The summed E-state index contributed by atoms with van der Waals surface area (Å²) in [6.45, 7) is 19.2. The number of rotatable bonds is 27. The zero-order valence-electron chi connectivity index (χ0n) is 44.0. The molecule has 10 atom stereocenters. The summed E-state index contributed by atoms with van der Waals surface area (Å²) in [6.07, 6.45) is 2.49. The summed E-state index contributed by atoms with van der Waals surface area (Å²) < 4.78 is 12.0. The summed E-state index contributed by atoms with van der Waals surface area (Å²) >= 11 is 3.29. The summed E-state index contributed by atoms with van der Waals surface area (Å²) in [5, 5.41) is 14.4. The van der Waals surface area contributed by atoms with Crippen molar-refractivity contribution in [3.63, 3.8) is 0 Å². The fraction of sp³-hybridized carbons (Fsp3) is 0.627. The molecule has 2 aromatic rings. The van der Waals surface area contributed by atoms with Gasteiger partial charge in [0.1, 0.15) is 36.2 Å². The minimum atomic E-state index is -0.953. The molecule has 20 heteroatoms. The zero-order valence-corrected chi connectivity index (χ0v) is 45.6. The molecule has 2 heterocycles. The van der Waals surface area contributed by atoms with Gasteiger partial charge in [0.05, 0.1) is 42.3 Å². The Morgan fingerprint density at radius 2 is 1.56 bits per heavy atom. The number of anilines is 1. The molecule has 1 aromatic heterocycles. The van der Waals surface area contributed by atoms with Gasteiger partial charge < -0.3 is 45.9 Å². The number of hydrogen-bond acceptors (Lipinski definition) is 12. The third-order valence-corrected chi connectivity index (χ3v) is 13.8. The first-order valence-electron chi connectivity index (χ1n) is 24.4. The van der Waals surface area contributed by atoms with E-state index in [-0.39, 0.29) is 60.2 Å². The molecule has 3 rings (SSSR count). The number of ether oxygens (including phenoxy) is 2. The van der Waals surface area contributed by atoms with E-state index in [0.29, 0.717) is 48.1 Å². The Bertz CT molecular complexity index is 2160. The average Bonchev–Trinajstić information content (AvgIpc) is 3.82. The van der Waals surface area contributed by atoms with Crippen LogP contribution in [0.15, 0.2) is 48.8 Å². The van der Waals surface area contributed by atoms with E-state index >= 15 is 0 Å².